The van der Waals surface area contributed by atoms with Gasteiger partial charge in [0.05, 0.1) is 34.8 Å². The number of rotatable bonds is 17. The van der Waals surface area contributed by atoms with Crippen LogP contribution in [0.3, 0.4) is 0 Å². The van der Waals surface area contributed by atoms with E-state index >= 15 is 0 Å². The van der Waals surface area contributed by atoms with Gasteiger partial charge in [0.25, 0.3) is 0 Å². The molecule has 298 valence electrons. The molecule has 0 saturated carbocycles. The number of hydrogen-bond acceptors (Lipinski definition) is 10. The molecule has 0 spiro atoms. The molecule has 0 aliphatic carbocycles. The molecule has 1 aliphatic rings. The van der Waals surface area contributed by atoms with Crippen LogP contribution < -0.4 is 26.4 Å². The lowest BCUT2D eigenvalue weighted by Gasteiger charge is -2.36. The molecule has 18 nitrogen and oxygen atoms in total. The van der Waals surface area contributed by atoms with Gasteiger partial charge in [-0.15, -0.1) is 5.10 Å². The number of benzene rings is 1. The number of primary amides is 1. The van der Waals surface area contributed by atoms with Crippen LogP contribution in [0, 0.1) is 5.41 Å². The lowest BCUT2D eigenvalue weighted by Crippen LogP contribution is -2.60. The van der Waals surface area contributed by atoms with E-state index in [0.29, 0.717) is 25.5 Å². The Kier molecular flexibility index (Phi) is 14.5. The van der Waals surface area contributed by atoms with Crippen LogP contribution in [-0.4, -0.2) is 106 Å². The number of carbonyl (C=O) groups excluding carboxylic acids is 5. The van der Waals surface area contributed by atoms with E-state index in [0.717, 1.165) is 6.07 Å². The molecular weight excluding hydrogens is 767 g/mol. The fourth-order valence-electron chi connectivity index (χ4n) is 5.50. The Morgan fingerprint density at radius 1 is 1.07 bits per heavy atom. The van der Waals surface area contributed by atoms with Crippen LogP contribution in [0.15, 0.2) is 35.5 Å². The summed E-state index contributed by atoms with van der Waals surface area (Å²) in [7, 11) is -4.83. The number of carboxylic acid groups (broad SMARTS) is 1. The third-order valence-corrected chi connectivity index (χ3v) is 10.0. The molecule has 1 saturated heterocycles. The van der Waals surface area contributed by atoms with E-state index in [1.807, 2.05) is 0 Å². The number of hydrogen-bond donors (Lipinski definition) is 6. The number of aliphatic carboxylic acids is 1. The zero-order chi connectivity index (χ0) is 40.6. The largest absolute Gasteiger partial charge is 0.480 e. The predicted molar refractivity (Wildman–Crippen MR) is 182 cm³/mol. The summed E-state index contributed by atoms with van der Waals surface area (Å²) in [6.07, 6.45) is -2.44. The molecule has 2 aromatic rings. The first-order valence-electron chi connectivity index (χ1n) is 16.4. The Morgan fingerprint density at radius 3 is 2.33 bits per heavy atom. The third-order valence-electron chi connectivity index (χ3n) is 8.25. The van der Waals surface area contributed by atoms with Crippen molar-refractivity contribution in [2.24, 2.45) is 11.1 Å². The topological polar surface area (TPSA) is 265 Å². The van der Waals surface area contributed by atoms with E-state index in [2.05, 4.69) is 26.3 Å². The second kappa shape index (κ2) is 18.0. The van der Waals surface area contributed by atoms with Gasteiger partial charge in [-0.25, -0.2) is 13.1 Å². The first-order valence-corrected chi connectivity index (χ1v) is 18.3. The van der Waals surface area contributed by atoms with Crippen LogP contribution in [-0.2, 0) is 51.5 Å². The quantitative estimate of drug-likeness (QED) is 0.125. The molecule has 54 heavy (non-hydrogen) atoms. The van der Waals surface area contributed by atoms with E-state index < -0.39 is 116 Å². The van der Waals surface area contributed by atoms with Crippen molar-refractivity contribution < 1.29 is 55.5 Å². The summed E-state index contributed by atoms with van der Waals surface area (Å²) >= 11 is 5.53. The summed E-state index contributed by atoms with van der Waals surface area (Å²) in [5.41, 5.74) is 3.08. The number of likely N-dealkylation sites (tertiary alicyclic amines) is 1. The van der Waals surface area contributed by atoms with E-state index in [1.54, 1.807) is 25.5 Å². The second-order valence-corrected chi connectivity index (χ2v) is 15.6. The van der Waals surface area contributed by atoms with Crippen molar-refractivity contribution in [3.05, 3.63) is 41.2 Å². The van der Waals surface area contributed by atoms with Crippen molar-refractivity contribution in [1.29, 1.82) is 0 Å². The summed E-state index contributed by atoms with van der Waals surface area (Å²) in [5.74, 6) is -5.35. The van der Waals surface area contributed by atoms with Crippen molar-refractivity contribution in [3.63, 3.8) is 0 Å². The highest BCUT2D eigenvalue weighted by molar-refractivity contribution is 7.89. The minimum Gasteiger partial charge on any atom is -0.480 e. The molecular formula is C31H41ClF3N9O9S. The van der Waals surface area contributed by atoms with Crippen molar-refractivity contribution in [1.82, 2.24) is 40.6 Å². The minimum absolute atomic E-state index is 0.0463. The minimum atomic E-state index is -5.00. The summed E-state index contributed by atoms with van der Waals surface area (Å²) in [4.78, 5) is 76.8. The second-order valence-electron chi connectivity index (χ2n) is 13.5. The zero-order valence-electron chi connectivity index (χ0n) is 29.4. The van der Waals surface area contributed by atoms with Crippen molar-refractivity contribution in [2.45, 2.75) is 94.7 Å². The molecule has 1 aliphatic heterocycles. The molecule has 0 bridgehead atoms. The summed E-state index contributed by atoms with van der Waals surface area (Å²) < 4.78 is 68.2. The van der Waals surface area contributed by atoms with Gasteiger partial charge in [0.15, 0.2) is 0 Å². The van der Waals surface area contributed by atoms with Gasteiger partial charge >= 0.3 is 12.1 Å². The Bertz CT molecular complexity index is 1820. The van der Waals surface area contributed by atoms with E-state index in [9.17, 15) is 55.5 Å². The number of alkyl halides is 3. The van der Waals surface area contributed by atoms with Gasteiger partial charge in [0, 0.05) is 31.6 Å². The first-order chi connectivity index (χ1) is 25.0. The molecule has 0 unspecified atom stereocenters. The Hall–Kier alpha value is -4.83. The lowest BCUT2D eigenvalue weighted by atomic mass is 9.85. The third kappa shape index (κ3) is 12.4. The Labute approximate surface area is 312 Å². The van der Waals surface area contributed by atoms with E-state index in [4.69, 9.17) is 17.3 Å². The van der Waals surface area contributed by atoms with Gasteiger partial charge in [0.2, 0.25) is 39.6 Å². The average Bonchev–Trinajstić information content (AvgIpc) is 3.74. The van der Waals surface area contributed by atoms with Gasteiger partial charge < -0.3 is 31.7 Å². The summed E-state index contributed by atoms with van der Waals surface area (Å²) in [5, 5.41) is 23.6. The number of aromatic nitrogens is 3. The van der Waals surface area contributed by atoms with Gasteiger partial charge in [-0.1, -0.05) is 37.6 Å². The van der Waals surface area contributed by atoms with Gasteiger partial charge in [-0.2, -0.15) is 17.9 Å². The monoisotopic (exact) mass is 807 g/mol. The fraction of sp³-hybridized carbons (Fsp3) is 0.548. The van der Waals surface area contributed by atoms with Crippen molar-refractivity contribution in [2.75, 3.05) is 13.1 Å². The highest BCUT2D eigenvalue weighted by Crippen LogP contribution is 2.36. The molecule has 7 N–H and O–H groups in total. The SMILES string of the molecule is CC(C)(C)[C@H](NC(=O)[C@H](Cn1ccnn1)NC(=O)CNC(=O)CC[C@H](NS(=O)(=O)c1ccc(Cl)c(C(F)(F)F)c1)C(=O)O)C(=O)N1CCC[C@H]1CC(N)=O. The molecule has 1 aromatic heterocycles. The van der Waals surface area contributed by atoms with Crippen LogP contribution >= 0.6 is 11.6 Å². The number of carbonyl (C=O) groups is 6. The Morgan fingerprint density at radius 2 is 1.76 bits per heavy atom. The summed E-state index contributed by atoms with van der Waals surface area (Å²) in [6, 6.07) is -3.18. The maximum absolute atomic E-state index is 13.7. The lowest BCUT2D eigenvalue weighted by molar-refractivity contribution is -0.141. The van der Waals surface area contributed by atoms with Gasteiger partial charge in [0.1, 0.15) is 18.1 Å². The molecule has 4 atom stereocenters. The van der Waals surface area contributed by atoms with Crippen LogP contribution in [0.4, 0.5) is 13.2 Å². The number of nitrogens with zero attached hydrogens (tertiary/aromatic N) is 4. The highest BCUT2D eigenvalue weighted by atomic mass is 35.5. The van der Waals surface area contributed by atoms with Crippen LogP contribution in [0.2, 0.25) is 5.02 Å². The standard InChI is InChI=1S/C31H41ClF3N9O9S/c1-30(2,3)26(28(49)44-11-4-5-17(44)13-23(36)45)40-27(48)22(16-43-12-10-38-42-43)39-25(47)15-37-24(46)9-8-21(29(50)51)41-54(52,53)18-6-7-20(32)19(14-18)31(33,34)35/h6-7,10,12,14,17,21-22,26,41H,4-5,8-9,11,13,15-16H2,1-3H3,(H2,36,45)(H,37,46)(H,39,47)(H,40,48)(H,50,51)/t17-,21-,22-,26+/m0/s1. The smallest absolute Gasteiger partial charge is 0.417 e. The maximum Gasteiger partial charge on any atom is 0.417 e. The average molecular weight is 808 g/mol. The molecule has 2 heterocycles. The number of nitrogens with two attached hydrogens (primary N) is 1. The molecule has 3 rings (SSSR count). The van der Waals surface area contributed by atoms with Crippen molar-refractivity contribution >= 4 is 57.1 Å². The molecule has 23 heteroatoms. The first kappa shape index (κ1) is 43.6. The van der Waals surface area contributed by atoms with Gasteiger partial charge in [-0.05, 0) is 42.9 Å². The van der Waals surface area contributed by atoms with Gasteiger partial charge in [-0.3, -0.25) is 28.8 Å². The number of nitrogens with one attached hydrogen (secondary N) is 4. The van der Waals surface area contributed by atoms with Crippen LogP contribution in [0.1, 0.15) is 58.4 Å². The van der Waals surface area contributed by atoms with Crippen LogP contribution in [0.5, 0.6) is 0 Å². The molecule has 5 amide bonds. The number of halogens is 4. The Balaban J connectivity index is 1.65. The fourth-order valence-corrected chi connectivity index (χ4v) is 6.98. The molecule has 1 fully saturated rings. The van der Waals surface area contributed by atoms with Crippen molar-refractivity contribution in [3.8, 4) is 0 Å². The maximum atomic E-state index is 13.7. The van der Waals surface area contributed by atoms with E-state index in [-0.39, 0.29) is 19.0 Å². The number of amides is 5. The number of sulfonamides is 1. The highest BCUT2D eigenvalue weighted by Gasteiger charge is 2.41. The predicted octanol–water partition coefficient (Wildman–Crippen LogP) is 0.161. The summed E-state index contributed by atoms with van der Waals surface area (Å²) in [6.45, 7) is 4.54. The zero-order valence-corrected chi connectivity index (χ0v) is 30.9. The van der Waals surface area contributed by atoms with E-state index in [1.165, 1.54) is 22.0 Å². The van der Waals surface area contributed by atoms with Crippen LogP contribution in [0.25, 0.3) is 0 Å². The molecule has 0 radical (unpaired) electrons. The number of carboxylic acids is 1. The molecule has 1 aromatic carbocycles. The normalized spacial score (nSPS) is 16.6.